The van der Waals surface area contributed by atoms with E-state index in [4.69, 9.17) is 0 Å². The van der Waals surface area contributed by atoms with Gasteiger partial charge >= 0.3 is 5.97 Å². The molecule has 0 atom stereocenters. The Balaban J connectivity index is 3.54. The van der Waals surface area contributed by atoms with E-state index in [1.54, 1.807) is 13.8 Å². The monoisotopic (exact) mass is 160 g/mol. The molecule has 0 aliphatic rings. The lowest BCUT2D eigenvalue weighted by molar-refractivity contribution is -0.258. The van der Waals surface area contributed by atoms with Gasteiger partial charge in [-0.15, -0.1) is 0 Å². The van der Waals surface area contributed by atoms with Gasteiger partial charge in [-0.3, -0.25) is 4.79 Å². The molecule has 11 heavy (non-hydrogen) atoms. The van der Waals surface area contributed by atoms with Gasteiger partial charge in [-0.05, 0) is 6.92 Å². The van der Waals surface area contributed by atoms with Gasteiger partial charge < -0.3 is 9.62 Å². The molecule has 0 unspecified atom stereocenters. The number of carbonyl (C=O) groups excluding carboxylic acids is 1. The second-order valence-corrected chi connectivity index (χ2v) is 1.83. The van der Waals surface area contributed by atoms with Crippen LogP contribution in [0.2, 0.25) is 0 Å². The van der Waals surface area contributed by atoms with E-state index in [9.17, 15) is 4.79 Å². The lowest BCUT2D eigenvalue weighted by Gasteiger charge is -2.01. The van der Waals surface area contributed by atoms with Gasteiger partial charge in [-0.25, -0.2) is 0 Å². The molecule has 64 valence electrons. The van der Waals surface area contributed by atoms with Crippen LogP contribution in [0.4, 0.5) is 0 Å². The maximum Gasteiger partial charge on any atom is 0.307 e. The maximum atomic E-state index is 10.3. The van der Waals surface area contributed by atoms with Crippen LogP contribution in [0.1, 0.15) is 20.8 Å². The average Bonchev–Trinajstić information content (AvgIpc) is 1.97. The zero-order valence-corrected chi connectivity index (χ0v) is 6.92. The van der Waals surface area contributed by atoms with Gasteiger partial charge in [-0.2, -0.15) is 4.89 Å². The molecular weight excluding hydrogens is 148 g/mol. The fraction of sp³-hybridized carbons (Fsp3) is 0.571. The van der Waals surface area contributed by atoms with Crippen molar-refractivity contribution in [3.63, 3.8) is 0 Å². The van der Waals surface area contributed by atoms with Crippen molar-refractivity contribution < 1.29 is 19.3 Å². The third-order valence-electron chi connectivity index (χ3n) is 0.699. The van der Waals surface area contributed by atoms with Crippen LogP contribution in [-0.4, -0.2) is 12.6 Å². The lowest BCUT2D eigenvalue weighted by Crippen LogP contribution is -1.95. The highest BCUT2D eigenvalue weighted by molar-refractivity contribution is 5.66. The fourth-order valence-corrected chi connectivity index (χ4v) is 0.337. The largest absolute Gasteiger partial charge is 0.431 e. The first-order chi connectivity index (χ1) is 5.16. The van der Waals surface area contributed by atoms with Gasteiger partial charge in [0.15, 0.2) is 5.76 Å². The maximum absolute atomic E-state index is 10.3. The summed E-state index contributed by atoms with van der Waals surface area (Å²) in [4.78, 5) is 19.5. The van der Waals surface area contributed by atoms with E-state index in [0.29, 0.717) is 12.4 Å². The molecule has 4 nitrogen and oxygen atoms in total. The summed E-state index contributed by atoms with van der Waals surface area (Å²) in [6.45, 7) is 5.17. The van der Waals surface area contributed by atoms with Gasteiger partial charge in [-0.1, -0.05) is 0 Å². The smallest absolute Gasteiger partial charge is 0.307 e. The molecule has 0 aromatic heterocycles. The minimum absolute atomic E-state index is 0.385. The Morgan fingerprint density at radius 3 is 2.55 bits per heavy atom. The predicted molar refractivity (Wildman–Crippen MR) is 38.2 cm³/mol. The van der Waals surface area contributed by atoms with E-state index in [1.165, 1.54) is 13.2 Å². The van der Waals surface area contributed by atoms with E-state index < -0.39 is 0 Å². The highest BCUT2D eigenvalue weighted by Gasteiger charge is 1.92. The number of hydrogen-bond acceptors (Lipinski definition) is 4. The Labute approximate surface area is 65.7 Å². The molecule has 0 aliphatic heterocycles. The molecule has 0 aliphatic carbocycles. The molecule has 0 amide bonds. The van der Waals surface area contributed by atoms with Crippen LogP contribution in [0.3, 0.4) is 0 Å². The van der Waals surface area contributed by atoms with Crippen molar-refractivity contribution in [3.8, 4) is 0 Å². The van der Waals surface area contributed by atoms with E-state index in [1.807, 2.05) is 0 Å². The SMILES string of the molecule is CCOO/C(C)=C\OC(C)=O. The van der Waals surface area contributed by atoms with Crippen molar-refractivity contribution in [1.29, 1.82) is 0 Å². The summed E-state index contributed by atoms with van der Waals surface area (Å²) >= 11 is 0. The summed E-state index contributed by atoms with van der Waals surface area (Å²) in [6, 6.07) is 0. The van der Waals surface area contributed by atoms with Crippen molar-refractivity contribution in [3.05, 3.63) is 12.0 Å². The van der Waals surface area contributed by atoms with Crippen LogP contribution < -0.4 is 0 Å². The summed E-state index contributed by atoms with van der Waals surface area (Å²) < 4.78 is 4.49. The van der Waals surface area contributed by atoms with E-state index >= 15 is 0 Å². The molecule has 0 radical (unpaired) electrons. The summed E-state index contributed by atoms with van der Waals surface area (Å²) in [5.41, 5.74) is 0. The minimum atomic E-state index is -0.385. The first-order valence-electron chi connectivity index (χ1n) is 3.30. The first kappa shape index (κ1) is 9.97. The zero-order chi connectivity index (χ0) is 8.69. The Kier molecular flexibility index (Phi) is 5.20. The topological polar surface area (TPSA) is 44.8 Å². The molecule has 0 aromatic carbocycles. The molecular formula is C7H12O4. The molecule has 0 aromatic rings. The molecule has 0 rings (SSSR count). The number of esters is 1. The molecule has 0 fully saturated rings. The van der Waals surface area contributed by atoms with E-state index in [2.05, 4.69) is 14.5 Å². The van der Waals surface area contributed by atoms with Gasteiger partial charge in [0.25, 0.3) is 0 Å². The number of hydrogen-bond donors (Lipinski definition) is 0. The summed E-state index contributed by atoms with van der Waals surface area (Å²) in [6.07, 6.45) is 1.19. The van der Waals surface area contributed by atoms with Crippen molar-refractivity contribution in [2.45, 2.75) is 20.8 Å². The Hall–Kier alpha value is -1.03. The van der Waals surface area contributed by atoms with Crippen molar-refractivity contribution in [2.24, 2.45) is 0 Å². The van der Waals surface area contributed by atoms with E-state index in [0.717, 1.165) is 0 Å². The second-order valence-electron chi connectivity index (χ2n) is 1.83. The Bertz CT molecular complexity index is 151. The average molecular weight is 160 g/mol. The minimum Gasteiger partial charge on any atom is -0.431 e. The number of ether oxygens (including phenoxy) is 1. The van der Waals surface area contributed by atoms with Crippen molar-refractivity contribution >= 4 is 5.97 Å². The molecule has 0 saturated carbocycles. The third kappa shape index (κ3) is 6.86. The van der Waals surface area contributed by atoms with Crippen molar-refractivity contribution in [2.75, 3.05) is 6.61 Å². The zero-order valence-electron chi connectivity index (χ0n) is 6.92. The molecule has 0 bridgehead atoms. The Morgan fingerprint density at radius 1 is 1.45 bits per heavy atom. The van der Waals surface area contributed by atoms with Crippen LogP contribution in [0.25, 0.3) is 0 Å². The Morgan fingerprint density at radius 2 is 2.09 bits per heavy atom. The van der Waals surface area contributed by atoms with Crippen LogP contribution in [0.15, 0.2) is 12.0 Å². The summed E-state index contributed by atoms with van der Waals surface area (Å²) in [7, 11) is 0. The normalized spacial score (nSPS) is 11.0. The van der Waals surface area contributed by atoms with Gasteiger partial charge in [0.2, 0.25) is 0 Å². The highest BCUT2D eigenvalue weighted by Crippen LogP contribution is 1.96. The van der Waals surface area contributed by atoms with Crippen LogP contribution >= 0.6 is 0 Å². The molecule has 0 N–H and O–H groups in total. The summed E-state index contributed by atoms with van der Waals surface area (Å²) in [5.74, 6) is 0.0199. The van der Waals surface area contributed by atoms with E-state index in [-0.39, 0.29) is 5.97 Å². The second kappa shape index (κ2) is 5.73. The molecule has 4 heteroatoms. The standard InChI is InChI=1S/C7H12O4/c1-4-10-11-6(2)5-9-7(3)8/h5H,4H2,1-3H3/b6-5-. The van der Waals surface area contributed by atoms with Gasteiger partial charge in [0.05, 0.1) is 6.61 Å². The van der Waals surface area contributed by atoms with Crippen LogP contribution in [-0.2, 0) is 19.3 Å². The first-order valence-corrected chi connectivity index (χ1v) is 3.30. The molecule has 0 heterocycles. The van der Waals surface area contributed by atoms with Gasteiger partial charge in [0, 0.05) is 13.8 Å². The number of allylic oxidation sites excluding steroid dienone is 1. The predicted octanol–water partition coefficient (Wildman–Crippen LogP) is 1.38. The number of carbonyl (C=O) groups is 1. The third-order valence-corrected chi connectivity index (χ3v) is 0.699. The quantitative estimate of drug-likeness (QED) is 0.270. The lowest BCUT2D eigenvalue weighted by atomic mass is 10.6. The van der Waals surface area contributed by atoms with Gasteiger partial charge in [0.1, 0.15) is 6.26 Å². The fourth-order valence-electron chi connectivity index (χ4n) is 0.337. The number of rotatable bonds is 4. The highest BCUT2D eigenvalue weighted by atomic mass is 17.2. The van der Waals surface area contributed by atoms with Crippen molar-refractivity contribution in [1.82, 2.24) is 0 Å². The van der Waals surface area contributed by atoms with Crippen LogP contribution in [0.5, 0.6) is 0 Å². The summed E-state index contributed by atoms with van der Waals surface area (Å²) in [5, 5.41) is 0. The molecule has 0 spiro atoms. The van der Waals surface area contributed by atoms with Crippen LogP contribution in [0, 0.1) is 0 Å². The molecule has 0 saturated heterocycles.